The molecule has 0 atom stereocenters. The van der Waals surface area contributed by atoms with Gasteiger partial charge in [0.1, 0.15) is 5.75 Å². The number of nitrogens with two attached hydrogens (primary N) is 1. The fourth-order valence-electron chi connectivity index (χ4n) is 1.58. The second-order valence-corrected chi connectivity index (χ2v) is 3.97. The van der Waals surface area contributed by atoms with Gasteiger partial charge in [0.05, 0.1) is 5.69 Å². The minimum atomic E-state index is 0.421. The van der Waals surface area contributed by atoms with Crippen LogP contribution >= 0.6 is 0 Å². The highest BCUT2D eigenvalue weighted by atomic mass is 16.5. The van der Waals surface area contributed by atoms with Crippen LogP contribution in [0.15, 0.2) is 36.4 Å². The molecule has 0 saturated carbocycles. The van der Waals surface area contributed by atoms with E-state index in [2.05, 4.69) is 18.0 Å². The Morgan fingerprint density at radius 1 is 1.12 bits per heavy atom. The lowest BCUT2D eigenvalue weighted by Crippen LogP contribution is -2.00. The van der Waals surface area contributed by atoms with E-state index >= 15 is 0 Å². The summed E-state index contributed by atoms with van der Waals surface area (Å²) in [6.45, 7) is 4.52. The number of aryl methyl sites for hydroxylation is 1. The van der Waals surface area contributed by atoms with Crippen LogP contribution in [-0.4, -0.2) is 4.98 Å². The van der Waals surface area contributed by atoms with Crippen LogP contribution in [0.25, 0.3) is 0 Å². The minimum absolute atomic E-state index is 0.421. The Labute approximate surface area is 101 Å². The van der Waals surface area contributed by atoms with Crippen LogP contribution < -0.4 is 10.5 Å². The van der Waals surface area contributed by atoms with Gasteiger partial charge in [-0.3, -0.25) is 0 Å². The Kier molecular flexibility index (Phi) is 3.40. The predicted octanol–water partition coefficient (Wildman–Crippen LogP) is 2.95. The largest absolute Gasteiger partial charge is 0.439 e. The van der Waals surface area contributed by atoms with E-state index < -0.39 is 0 Å². The quantitative estimate of drug-likeness (QED) is 0.878. The maximum absolute atomic E-state index is 5.77. The van der Waals surface area contributed by atoms with Crippen molar-refractivity contribution in [2.24, 2.45) is 5.73 Å². The van der Waals surface area contributed by atoms with Crippen LogP contribution in [0, 0.1) is 13.8 Å². The zero-order valence-corrected chi connectivity index (χ0v) is 10.1. The topological polar surface area (TPSA) is 48.1 Å². The summed E-state index contributed by atoms with van der Waals surface area (Å²) in [4.78, 5) is 4.31. The highest BCUT2D eigenvalue weighted by Gasteiger charge is 2.04. The third kappa shape index (κ3) is 2.63. The zero-order valence-electron chi connectivity index (χ0n) is 10.1. The molecular weight excluding hydrogens is 212 g/mol. The van der Waals surface area contributed by atoms with E-state index in [0.29, 0.717) is 12.4 Å². The smallest absolute Gasteiger partial charge is 0.219 e. The monoisotopic (exact) mass is 228 g/mol. The molecule has 0 aliphatic carbocycles. The molecule has 0 fully saturated rings. The van der Waals surface area contributed by atoms with Crippen LogP contribution in [0.4, 0.5) is 0 Å². The first-order chi connectivity index (χ1) is 8.20. The summed E-state index contributed by atoms with van der Waals surface area (Å²) in [5, 5.41) is 0. The van der Waals surface area contributed by atoms with Crippen molar-refractivity contribution in [3.63, 3.8) is 0 Å². The lowest BCUT2D eigenvalue weighted by molar-refractivity contribution is 0.457. The number of nitrogens with zero attached hydrogens (tertiary/aromatic N) is 1. The molecule has 3 heteroatoms. The van der Waals surface area contributed by atoms with Crippen molar-refractivity contribution in [3.05, 3.63) is 53.2 Å². The molecule has 0 radical (unpaired) electrons. The SMILES string of the molecule is Cc1cccc(Oc2cccc(CN)n2)c1C. The summed E-state index contributed by atoms with van der Waals surface area (Å²) in [7, 11) is 0. The van der Waals surface area contributed by atoms with Crippen molar-refractivity contribution in [2.45, 2.75) is 20.4 Å². The fraction of sp³-hybridized carbons (Fsp3) is 0.214. The van der Waals surface area contributed by atoms with Crippen LogP contribution in [0.1, 0.15) is 16.8 Å². The average molecular weight is 228 g/mol. The molecule has 3 nitrogen and oxygen atoms in total. The summed E-state index contributed by atoms with van der Waals surface area (Å²) >= 11 is 0. The van der Waals surface area contributed by atoms with E-state index in [4.69, 9.17) is 10.5 Å². The molecule has 0 unspecified atom stereocenters. The molecule has 0 bridgehead atoms. The van der Waals surface area contributed by atoms with E-state index in [0.717, 1.165) is 17.0 Å². The Bertz CT molecular complexity index is 523. The molecule has 0 saturated heterocycles. The number of rotatable bonds is 3. The number of hydrogen-bond donors (Lipinski definition) is 1. The molecule has 17 heavy (non-hydrogen) atoms. The van der Waals surface area contributed by atoms with Gasteiger partial charge in [0.2, 0.25) is 5.88 Å². The molecule has 88 valence electrons. The van der Waals surface area contributed by atoms with E-state index in [1.54, 1.807) is 0 Å². The normalized spacial score (nSPS) is 10.3. The summed E-state index contributed by atoms with van der Waals surface area (Å²) < 4.78 is 5.77. The zero-order chi connectivity index (χ0) is 12.3. The van der Waals surface area contributed by atoms with Gasteiger partial charge in [-0.05, 0) is 37.1 Å². The predicted molar refractivity (Wildman–Crippen MR) is 68.1 cm³/mol. The molecule has 0 aliphatic rings. The average Bonchev–Trinajstić information content (AvgIpc) is 2.35. The first-order valence-corrected chi connectivity index (χ1v) is 5.61. The first-order valence-electron chi connectivity index (χ1n) is 5.61. The number of hydrogen-bond acceptors (Lipinski definition) is 3. The number of benzene rings is 1. The highest BCUT2D eigenvalue weighted by molar-refractivity contribution is 5.40. The van der Waals surface area contributed by atoms with Gasteiger partial charge in [0.15, 0.2) is 0 Å². The van der Waals surface area contributed by atoms with Crippen molar-refractivity contribution in [1.82, 2.24) is 4.98 Å². The molecule has 1 aromatic heterocycles. The van der Waals surface area contributed by atoms with Gasteiger partial charge >= 0.3 is 0 Å². The lowest BCUT2D eigenvalue weighted by atomic mass is 10.1. The van der Waals surface area contributed by atoms with E-state index in [1.165, 1.54) is 5.56 Å². The van der Waals surface area contributed by atoms with Crippen molar-refractivity contribution in [3.8, 4) is 11.6 Å². The molecule has 1 heterocycles. The number of pyridine rings is 1. The van der Waals surface area contributed by atoms with Gasteiger partial charge in [0, 0.05) is 12.6 Å². The Hall–Kier alpha value is -1.87. The van der Waals surface area contributed by atoms with Crippen LogP contribution in [0.2, 0.25) is 0 Å². The molecule has 1 aromatic carbocycles. The minimum Gasteiger partial charge on any atom is -0.439 e. The maximum atomic E-state index is 5.77. The molecule has 2 rings (SSSR count). The third-order valence-electron chi connectivity index (χ3n) is 2.76. The second kappa shape index (κ2) is 4.97. The Morgan fingerprint density at radius 2 is 1.88 bits per heavy atom. The maximum Gasteiger partial charge on any atom is 0.219 e. The van der Waals surface area contributed by atoms with Crippen LogP contribution in [0.3, 0.4) is 0 Å². The molecule has 2 N–H and O–H groups in total. The third-order valence-corrected chi connectivity index (χ3v) is 2.76. The van der Waals surface area contributed by atoms with Gasteiger partial charge in [-0.2, -0.15) is 0 Å². The summed E-state index contributed by atoms with van der Waals surface area (Å²) in [5.41, 5.74) is 8.71. The van der Waals surface area contributed by atoms with Crippen LogP contribution in [-0.2, 0) is 6.54 Å². The van der Waals surface area contributed by atoms with Gasteiger partial charge in [-0.15, -0.1) is 0 Å². The molecule has 0 spiro atoms. The van der Waals surface area contributed by atoms with Gasteiger partial charge < -0.3 is 10.5 Å². The Balaban J connectivity index is 2.28. The van der Waals surface area contributed by atoms with Gasteiger partial charge in [-0.25, -0.2) is 4.98 Å². The van der Waals surface area contributed by atoms with Crippen molar-refractivity contribution in [2.75, 3.05) is 0 Å². The summed E-state index contributed by atoms with van der Waals surface area (Å²) in [6.07, 6.45) is 0. The summed E-state index contributed by atoms with van der Waals surface area (Å²) in [6, 6.07) is 11.6. The van der Waals surface area contributed by atoms with Gasteiger partial charge in [0.25, 0.3) is 0 Å². The van der Waals surface area contributed by atoms with Gasteiger partial charge in [-0.1, -0.05) is 18.2 Å². The van der Waals surface area contributed by atoms with Crippen molar-refractivity contribution in [1.29, 1.82) is 0 Å². The standard InChI is InChI=1S/C14H16N2O/c1-10-5-3-7-13(11(10)2)17-14-8-4-6-12(9-15)16-14/h3-8H,9,15H2,1-2H3. The second-order valence-electron chi connectivity index (χ2n) is 3.97. The first kappa shape index (κ1) is 11.6. The van der Waals surface area contributed by atoms with Crippen molar-refractivity contribution < 1.29 is 4.74 Å². The fourth-order valence-corrected chi connectivity index (χ4v) is 1.58. The Morgan fingerprint density at radius 3 is 2.65 bits per heavy atom. The molecule has 2 aromatic rings. The lowest BCUT2D eigenvalue weighted by Gasteiger charge is -2.10. The number of aromatic nitrogens is 1. The van der Waals surface area contributed by atoms with E-state index in [-0.39, 0.29) is 0 Å². The number of ether oxygens (including phenoxy) is 1. The summed E-state index contributed by atoms with van der Waals surface area (Å²) in [5.74, 6) is 1.42. The molecule has 0 aliphatic heterocycles. The van der Waals surface area contributed by atoms with Crippen molar-refractivity contribution >= 4 is 0 Å². The molecular formula is C14H16N2O. The molecule has 0 amide bonds. The highest BCUT2D eigenvalue weighted by Crippen LogP contribution is 2.25. The van der Waals surface area contributed by atoms with E-state index in [9.17, 15) is 0 Å². The van der Waals surface area contributed by atoms with Crippen LogP contribution in [0.5, 0.6) is 11.6 Å². The van der Waals surface area contributed by atoms with E-state index in [1.807, 2.05) is 37.3 Å².